The number of aromatic nitrogens is 3. The molecule has 0 spiro atoms. The number of guanidine groups is 1. The fourth-order valence-corrected chi connectivity index (χ4v) is 3.62. The van der Waals surface area contributed by atoms with Crippen LogP contribution in [0.5, 0.6) is 0 Å². The number of aryl methyl sites for hydroxylation is 1. The lowest BCUT2D eigenvalue weighted by molar-refractivity contribution is 0.742. The largest absolute Gasteiger partial charge is 0.374 e. The Morgan fingerprint density at radius 3 is 3.00 bits per heavy atom. The van der Waals surface area contributed by atoms with Crippen molar-refractivity contribution in [2.24, 2.45) is 4.99 Å². The highest BCUT2D eigenvalue weighted by Crippen LogP contribution is 2.26. The van der Waals surface area contributed by atoms with Crippen molar-refractivity contribution in [3.63, 3.8) is 0 Å². The van der Waals surface area contributed by atoms with E-state index in [-0.39, 0.29) is 0 Å². The van der Waals surface area contributed by atoms with Gasteiger partial charge in [-0.05, 0) is 49.1 Å². The molecular weight excluding hydrogens is 350 g/mol. The van der Waals surface area contributed by atoms with Crippen molar-refractivity contribution in [3.05, 3.63) is 59.5 Å². The Morgan fingerprint density at radius 2 is 2.11 bits per heavy atom. The van der Waals surface area contributed by atoms with Crippen molar-refractivity contribution in [3.8, 4) is 0 Å². The summed E-state index contributed by atoms with van der Waals surface area (Å²) in [5, 5.41) is 15.1. The molecule has 1 aliphatic rings. The van der Waals surface area contributed by atoms with Gasteiger partial charge in [0.05, 0.1) is 13.1 Å². The average Bonchev–Trinajstić information content (AvgIpc) is 3.13. The van der Waals surface area contributed by atoms with Crippen LogP contribution in [0.4, 0.5) is 5.69 Å². The van der Waals surface area contributed by atoms with E-state index in [9.17, 15) is 0 Å². The van der Waals surface area contributed by atoms with E-state index in [0.29, 0.717) is 13.1 Å². The summed E-state index contributed by atoms with van der Waals surface area (Å²) in [5.41, 5.74) is 4.86. The Balaban J connectivity index is 1.44. The molecule has 7 nitrogen and oxygen atoms in total. The van der Waals surface area contributed by atoms with Gasteiger partial charge in [-0.15, -0.1) is 10.2 Å². The van der Waals surface area contributed by atoms with E-state index in [1.54, 1.807) is 0 Å². The molecule has 0 amide bonds. The summed E-state index contributed by atoms with van der Waals surface area (Å²) in [6.45, 7) is 5.22. The van der Waals surface area contributed by atoms with Crippen molar-refractivity contribution in [1.29, 1.82) is 0 Å². The van der Waals surface area contributed by atoms with Crippen molar-refractivity contribution < 1.29 is 0 Å². The second-order valence-electron chi connectivity index (χ2n) is 7.08. The van der Waals surface area contributed by atoms with Crippen molar-refractivity contribution in [2.45, 2.75) is 32.9 Å². The molecule has 146 valence electrons. The molecule has 0 saturated heterocycles. The van der Waals surface area contributed by atoms with Gasteiger partial charge in [-0.2, -0.15) is 0 Å². The second-order valence-corrected chi connectivity index (χ2v) is 7.08. The molecule has 0 saturated carbocycles. The highest BCUT2D eigenvalue weighted by Gasteiger charge is 2.13. The third-order valence-corrected chi connectivity index (χ3v) is 5.06. The van der Waals surface area contributed by atoms with Crippen LogP contribution in [-0.4, -0.2) is 40.7 Å². The Kier molecular flexibility index (Phi) is 5.41. The second kappa shape index (κ2) is 8.29. The Hall–Kier alpha value is -3.09. The van der Waals surface area contributed by atoms with E-state index in [4.69, 9.17) is 4.99 Å². The first-order chi connectivity index (χ1) is 13.7. The van der Waals surface area contributed by atoms with E-state index in [1.807, 2.05) is 28.8 Å². The number of benzene rings is 1. The molecule has 4 rings (SSSR count). The van der Waals surface area contributed by atoms with Gasteiger partial charge in [0.15, 0.2) is 17.4 Å². The molecule has 3 heterocycles. The number of hydrogen-bond donors (Lipinski definition) is 2. The average molecular weight is 377 g/mol. The lowest BCUT2D eigenvalue weighted by atomic mass is 10.00. The highest BCUT2D eigenvalue weighted by molar-refractivity contribution is 5.79. The number of pyridine rings is 1. The van der Waals surface area contributed by atoms with E-state index in [1.165, 1.54) is 23.2 Å². The van der Waals surface area contributed by atoms with Crippen LogP contribution in [0.3, 0.4) is 0 Å². The molecular formula is C21H27N7. The summed E-state index contributed by atoms with van der Waals surface area (Å²) >= 11 is 0. The molecule has 0 atom stereocenters. The molecule has 0 fully saturated rings. The molecule has 0 aliphatic carbocycles. The van der Waals surface area contributed by atoms with E-state index < -0.39 is 0 Å². The standard InChI is InChI=1S/C21H27N7/c1-3-22-21(24-15-20-26-25-19-8-4-5-12-28(19)20)23-14-16-9-10-18-17(13-16)7-6-11-27(18)2/h4-5,8-10,12-13H,3,6-7,11,14-15H2,1-2H3,(H2,22,23,24). The van der Waals surface area contributed by atoms with Crippen LogP contribution in [0.2, 0.25) is 0 Å². The van der Waals surface area contributed by atoms with Crippen LogP contribution in [-0.2, 0) is 19.5 Å². The number of hydrogen-bond acceptors (Lipinski definition) is 4. The number of aliphatic imine (C=N–C) groups is 1. The van der Waals surface area contributed by atoms with Crippen LogP contribution in [0.15, 0.2) is 47.6 Å². The lowest BCUT2D eigenvalue weighted by Crippen LogP contribution is -2.37. The molecule has 1 aliphatic heterocycles. The minimum Gasteiger partial charge on any atom is -0.374 e. The molecule has 0 radical (unpaired) electrons. The fourth-order valence-electron chi connectivity index (χ4n) is 3.62. The molecule has 2 N–H and O–H groups in total. The first kappa shape index (κ1) is 18.3. The number of nitrogens with zero attached hydrogens (tertiary/aromatic N) is 5. The Bertz CT molecular complexity index is 976. The summed E-state index contributed by atoms with van der Waals surface area (Å²) in [6, 6.07) is 12.6. The maximum atomic E-state index is 4.75. The zero-order valence-electron chi connectivity index (χ0n) is 16.5. The van der Waals surface area contributed by atoms with Crippen LogP contribution in [0, 0.1) is 0 Å². The van der Waals surface area contributed by atoms with Gasteiger partial charge in [0.2, 0.25) is 0 Å². The Labute approximate surface area is 165 Å². The molecule has 0 unspecified atom stereocenters. The molecule has 1 aromatic carbocycles. The van der Waals surface area contributed by atoms with Crippen LogP contribution in [0.1, 0.15) is 30.3 Å². The summed E-state index contributed by atoms with van der Waals surface area (Å²) < 4.78 is 1.98. The number of fused-ring (bicyclic) bond motifs is 2. The van der Waals surface area contributed by atoms with Crippen LogP contribution in [0.25, 0.3) is 5.65 Å². The summed E-state index contributed by atoms with van der Waals surface area (Å²) in [7, 11) is 2.16. The zero-order valence-corrected chi connectivity index (χ0v) is 16.5. The minimum absolute atomic E-state index is 0.562. The van der Waals surface area contributed by atoms with E-state index in [0.717, 1.165) is 36.9 Å². The lowest BCUT2D eigenvalue weighted by Gasteiger charge is -2.27. The predicted molar refractivity (Wildman–Crippen MR) is 113 cm³/mol. The number of nitrogens with one attached hydrogen (secondary N) is 2. The normalized spacial score (nSPS) is 14.2. The Morgan fingerprint density at radius 1 is 1.18 bits per heavy atom. The summed E-state index contributed by atoms with van der Waals surface area (Å²) in [6.07, 6.45) is 4.34. The van der Waals surface area contributed by atoms with Crippen molar-refractivity contribution in [1.82, 2.24) is 25.2 Å². The van der Waals surface area contributed by atoms with Gasteiger partial charge in [-0.1, -0.05) is 18.2 Å². The summed E-state index contributed by atoms with van der Waals surface area (Å²) in [4.78, 5) is 7.09. The van der Waals surface area contributed by atoms with Crippen molar-refractivity contribution in [2.75, 3.05) is 25.0 Å². The quantitative estimate of drug-likeness (QED) is 0.528. The van der Waals surface area contributed by atoms with E-state index in [2.05, 4.69) is 57.9 Å². The third kappa shape index (κ3) is 3.93. The van der Waals surface area contributed by atoms with E-state index >= 15 is 0 Å². The smallest absolute Gasteiger partial charge is 0.191 e. The topological polar surface area (TPSA) is 69.8 Å². The molecule has 28 heavy (non-hydrogen) atoms. The number of anilines is 1. The number of rotatable bonds is 5. The van der Waals surface area contributed by atoms with Gasteiger partial charge >= 0.3 is 0 Å². The fraction of sp³-hybridized carbons (Fsp3) is 0.381. The zero-order chi connectivity index (χ0) is 19.3. The predicted octanol–water partition coefficient (Wildman–Crippen LogP) is 2.37. The summed E-state index contributed by atoms with van der Waals surface area (Å²) in [5.74, 6) is 1.64. The van der Waals surface area contributed by atoms with Gasteiger partial charge in [-0.25, -0.2) is 4.99 Å². The van der Waals surface area contributed by atoms with Gasteiger partial charge in [0.25, 0.3) is 0 Å². The molecule has 2 aromatic heterocycles. The van der Waals surface area contributed by atoms with Crippen LogP contribution < -0.4 is 15.5 Å². The monoisotopic (exact) mass is 377 g/mol. The first-order valence-electron chi connectivity index (χ1n) is 9.88. The molecule has 3 aromatic rings. The van der Waals surface area contributed by atoms with Crippen molar-refractivity contribution >= 4 is 17.3 Å². The first-order valence-corrected chi connectivity index (χ1v) is 9.88. The van der Waals surface area contributed by atoms with Gasteiger partial charge in [0, 0.05) is 32.0 Å². The molecule has 0 bridgehead atoms. The molecule has 7 heteroatoms. The third-order valence-electron chi connectivity index (χ3n) is 5.06. The maximum absolute atomic E-state index is 4.75. The van der Waals surface area contributed by atoms with Crippen LogP contribution >= 0.6 is 0 Å². The van der Waals surface area contributed by atoms with Gasteiger partial charge in [-0.3, -0.25) is 4.40 Å². The minimum atomic E-state index is 0.562. The maximum Gasteiger partial charge on any atom is 0.191 e. The van der Waals surface area contributed by atoms with Gasteiger partial charge < -0.3 is 15.5 Å². The van der Waals surface area contributed by atoms with Gasteiger partial charge in [0.1, 0.15) is 0 Å². The highest BCUT2D eigenvalue weighted by atomic mass is 15.3. The SMILES string of the molecule is CCNC(=NCc1ccc2c(c1)CCCN2C)NCc1nnc2ccccn12.